The predicted molar refractivity (Wildman–Crippen MR) is 149 cm³/mol. The van der Waals surface area contributed by atoms with E-state index in [4.69, 9.17) is 0 Å². The Balaban J connectivity index is 2.11. The number of rotatable bonds is 13. The van der Waals surface area contributed by atoms with Gasteiger partial charge in [-0.25, -0.2) is 0 Å². The van der Waals surface area contributed by atoms with E-state index in [9.17, 15) is 13.2 Å². The van der Waals surface area contributed by atoms with Crippen molar-refractivity contribution < 1.29 is 13.2 Å². The molecule has 3 aromatic rings. The van der Waals surface area contributed by atoms with Gasteiger partial charge in [0.25, 0.3) is 0 Å². The van der Waals surface area contributed by atoms with Crippen LogP contribution < -0.4 is 0 Å². The molecule has 0 fully saturated rings. The zero-order valence-corrected chi connectivity index (χ0v) is 23.1. The highest BCUT2D eigenvalue weighted by Crippen LogP contribution is 2.40. The highest BCUT2D eigenvalue weighted by Gasteiger charge is 2.32. The van der Waals surface area contributed by atoms with E-state index in [1.807, 2.05) is 0 Å². The van der Waals surface area contributed by atoms with Crippen molar-refractivity contribution in [1.29, 1.82) is 0 Å². The smallest absolute Gasteiger partial charge is 0.337 e. The summed E-state index contributed by atoms with van der Waals surface area (Å²) in [6.07, 6.45) is 9.72. The van der Waals surface area contributed by atoms with E-state index in [1.54, 1.807) is 6.07 Å². The second-order valence-electron chi connectivity index (χ2n) is 11.6. The van der Waals surface area contributed by atoms with Crippen LogP contribution in [0.15, 0.2) is 36.4 Å². The van der Waals surface area contributed by atoms with Gasteiger partial charge in [0.2, 0.25) is 0 Å². The number of hydrogen-bond acceptors (Lipinski definition) is 0. The van der Waals surface area contributed by atoms with Crippen molar-refractivity contribution in [2.45, 2.75) is 129 Å². The lowest BCUT2D eigenvalue weighted by molar-refractivity contribution is -0.137. The van der Waals surface area contributed by atoms with Gasteiger partial charge >= 0.3 is 6.18 Å². The van der Waals surface area contributed by atoms with Crippen molar-refractivity contribution >= 4 is 21.8 Å². The molecule has 1 aromatic heterocycles. The van der Waals surface area contributed by atoms with Crippen LogP contribution in [-0.2, 0) is 11.6 Å². The van der Waals surface area contributed by atoms with E-state index in [2.05, 4.69) is 57.4 Å². The average Bonchev–Trinajstić information content (AvgIpc) is 3.14. The highest BCUT2D eigenvalue weighted by molar-refractivity contribution is 6.08. The minimum atomic E-state index is -4.35. The summed E-state index contributed by atoms with van der Waals surface area (Å²) in [5.74, 6) is 0. The van der Waals surface area contributed by atoms with Crippen molar-refractivity contribution in [3.8, 4) is 0 Å². The van der Waals surface area contributed by atoms with Gasteiger partial charge < -0.3 is 4.57 Å². The maximum absolute atomic E-state index is 13.8. The lowest BCUT2D eigenvalue weighted by Crippen LogP contribution is -2.13. The van der Waals surface area contributed by atoms with Crippen molar-refractivity contribution in [2.75, 3.05) is 0 Å². The fraction of sp³-hybridized carbons (Fsp3) is 0.625. The Hall–Kier alpha value is -1.97. The standard InChI is InChI=1S/C32H46F3N/c1-6-8-10-12-14-16-26(17-15-13-11-9-7-2)36-29-22-24(31(3,4)5)18-20-27(29)28-21-19-25(23-30(28)36)32(33,34)35/h18-23,26H,6-17H2,1-5H3. The molecule has 200 valence electrons. The van der Waals surface area contributed by atoms with Crippen molar-refractivity contribution in [1.82, 2.24) is 4.57 Å². The second-order valence-corrected chi connectivity index (χ2v) is 11.6. The fourth-order valence-corrected chi connectivity index (χ4v) is 5.45. The quantitative estimate of drug-likeness (QED) is 0.205. The summed E-state index contributed by atoms with van der Waals surface area (Å²) in [6, 6.07) is 11.1. The number of nitrogens with zero attached hydrogens (tertiary/aromatic N) is 1. The number of hydrogen-bond donors (Lipinski definition) is 0. The topological polar surface area (TPSA) is 4.93 Å². The second kappa shape index (κ2) is 12.5. The number of benzene rings is 2. The molecule has 0 unspecified atom stereocenters. The first-order valence-corrected chi connectivity index (χ1v) is 14.2. The Morgan fingerprint density at radius 2 is 1.08 bits per heavy atom. The van der Waals surface area contributed by atoms with Gasteiger partial charge in [0.05, 0.1) is 5.56 Å². The van der Waals surface area contributed by atoms with Crippen molar-refractivity contribution in [2.24, 2.45) is 0 Å². The summed E-state index contributed by atoms with van der Waals surface area (Å²) < 4.78 is 43.6. The summed E-state index contributed by atoms with van der Waals surface area (Å²) in [5, 5.41) is 1.99. The van der Waals surface area contributed by atoms with Gasteiger partial charge in [0.15, 0.2) is 0 Å². The first-order valence-electron chi connectivity index (χ1n) is 14.2. The van der Waals surface area contributed by atoms with E-state index in [-0.39, 0.29) is 11.5 Å². The maximum Gasteiger partial charge on any atom is 0.416 e. The van der Waals surface area contributed by atoms with Crippen LogP contribution in [0.25, 0.3) is 21.8 Å². The molecule has 0 atom stereocenters. The molecule has 0 saturated heterocycles. The summed E-state index contributed by atoms with van der Waals surface area (Å²) in [4.78, 5) is 0. The van der Waals surface area contributed by atoms with Gasteiger partial charge in [-0.15, -0.1) is 0 Å². The maximum atomic E-state index is 13.8. The van der Waals surface area contributed by atoms with Crippen LogP contribution in [0.2, 0.25) is 0 Å². The molecule has 0 spiro atoms. The number of halogens is 3. The molecular weight excluding hydrogens is 455 g/mol. The van der Waals surface area contributed by atoms with Crippen molar-refractivity contribution in [3.63, 3.8) is 0 Å². The first-order chi connectivity index (χ1) is 17.1. The Morgan fingerprint density at radius 3 is 1.53 bits per heavy atom. The number of aromatic nitrogens is 1. The van der Waals surface area contributed by atoms with Crippen molar-refractivity contribution in [3.05, 3.63) is 47.5 Å². The van der Waals surface area contributed by atoms with Crippen LogP contribution in [0.4, 0.5) is 13.2 Å². The van der Waals surface area contributed by atoms with Gasteiger partial charge in [-0.1, -0.05) is 117 Å². The van der Waals surface area contributed by atoms with E-state index in [0.717, 1.165) is 47.5 Å². The minimum Gasteiger partial charge on any atom is -0.337 e. The minimum absolute atomic E-state index is 0.0254. The summed E-state index contributed by atoms with van der Waals surface area (Å²) >= 11 is 0. The Kier molecular flexibility index (Phi) is 9.94. The molecule has 3 rings (SSSR count). The van der Waals surface area contributed by atoms with Crippen LogP contribution in [-0.4, -0.2) is 4.57 Å². The third-order valence-corrected chi connectivity index (χ3v) is 7.65. The molecule has 0 aliphatic heterocycles. The molecule has 1 heterocycles. The lowest BCUT2D eigenvalue weighted by atomic mass is 9.86. The number of unbranched alkanes of at least 4 members (excludes halogenated alkanes) is 8. The van der Waals surface area contributed by atoms with Crippen LogP contribution >= 0.6 is 0 Å². The zero-order valence-electron chi connectivity index (χ0n) is 23.1. The van der Waals surface area contributed by atoms with Gasteiger partial charge in [-0.3, -0.25) is 0 Å². The van der Waals surface area contributed by atoms with Gasteiger partial charge in [0, 0.05) is 27.8 Å². The molecular formula is C32H46F3N. The average molecular weight is 502 g/mol. The van der Waals surface area contributed by atoms with E-state index in [1.165, 1.54) is 69.1 Å². The molecule has 0 amide bonds. The largest absolute Gasteiger partial charge is 0.416 e. The molecule has 2 aromatic carbocycles. The number of fused-ring (bicyclic) bond motifs is 3. The van der Waals surface area contributed by atoms with Gasteiger partial charge in [0.1, 0.15) is 0 Å². The Labute approximate surface area is 216 Å². The lowest BCUT2D eigenvalue weighted by Gasteiger charge is -2.24. The van der Waals surface area contributed by atoms with E-state index >= 15 is 0 Å². The fourth-order valence-electron chi connectivity index (χ4n) is 5.45. The molecule has 0 N–H and O–H groups in total. The normalized spacial score (nSPS) is 12.9. The number of alkyl halides is 3. The Bertz CT molecular complexity index is 1020. The predicted octanol–water partition coefficient (Wildman–Crippen LogP) is 11.4. The van der Waals surface area contributed by atoms with Gasteiger partial charge in [-0.2, -0.15) is 13.2 Å². The summed E-state index contributed by atoms with van der Waals surface area (Å²) in [5.41, 5.74) is 2.46. The van der Waals surface area contributed by atoms with Crippen LogP contribution in [0, 0.1) is 0 Å². The summed E-state index contributed by atoms with van der Waals surface area (Å²) in [6.45, 7) is 11.0. The third-order valence-electron chi connectivity index (χ3n) is 7.65. The Morgan fingerprint density at radius 1 is 0.639 bits per heavy atom. The third kappa shape index (κ3) is 7.07. The zero-order chi connectivity index (χ0) is 26.3. The molecule has 0 radical (unpaired) electrons. The van der Waals surface area contributed by atoms with Crippen LogP contribution in [0.1, 0.15) is 129 Å². The summed E-state index contributed by atoms with van der Waals surface area (Å²) in [7, 11) is 0. The molecule has 0 bridgehead atoms. The van der Waals surface area contributed by atoms with Crippen LogP contribution in [0.3, 0.4) is 0 Å². The highest BCUT2D eigenvalue weighted by atomic mass is 19.4. The molecule has 0 aliphatic carbocycles. The van der Waals surface area contributed by atoms with Crippen LogP contribution in [0.5, 0.6) is 0 Å². The molecule has 0 aliphatic rings. The first kappa shape index (κ1) is 28.6. The van der Waals surface area contributed by atoms with Gasteiger partial charge in [-0.05, 0) is 42.0 Å². The van der Waals surface area contributed by atoms with E-state index in [0.29, 0.717) is 0 Å². The van der Waals surface area contributed by atoms with E-state index < -0.39 is 11.7 Å². The molecule has 36 heavy (non-hydrogen) atoms. The molecule has 0 saturated carbocycles. The SMILES string of the molecule is CCCCCCCC(CCCCCCC)n1c2cc(C(C)(C)C)ccc2c2ccc(C(F)(F)F)cc21. The molecule has 1 nitrogen and oxygen atoms in total. The molecule has 4 heteroatoms. The monoisotopic (exact) mass is 501 g/mol.